The Bertz CT molecular complexity index is 1980. The number of ketones is 1. The Balaban J connectivity index is 1.08. The first-order valence-corrected chi connectivity index (χ1v) is 17.1. The fourth-order valence-corrected chi connectivity index (χ4v) is 7.47. The van der Waals surface area contributed by atoms with Crippen molar-refractivity contribution in [2.75, 3.05) is 36.5 Å². The minimum Gasteiger partial charge on any atom is -0.392 e. The molecule has 0 amide bonds. The van der Waals surface area contributed by atoms with Crippen LogP contribution in [0.3, 0.4) is 0 Å². The minimum atomic E-state index is -0.425. The largest absolute Gasteiger partial charge is 0.392 e. The van der Waals surface area contributed by atoms with Crippen molar-refractivity contribution in [2.45, 2.75) is 51.2 Å². The zero-order chi connectivity index (χ0) is 33.4. The van der Waals surface area contributed by atoms with E-state index in [1.54, 1.807) is 12.1 Å². The van der Waals surface area contributed by atoms with Crippen molar-refractivity contribution in [1.29, 1.82) is 5.26 Å². The Morgan fingerprint density at radius 2 is 1.83 bits per heavy atom. The molecular formula is C35H36FN9O2S. The number of aliphatic hydroxyl groups is 1. The number of halogens is 1. The number of anilines is 3. The Hall–Kier alpha value is -4.77. The van der Waals surface area contributed by atoms with Crippen LogP contribution in [0.5, 0.6) is 0 Å². The number of nitriles is 1. The molecule has 6 heterocycles. The number of hydrogen-bond donors (Lipinski definition) is 2. The Labute approximate surface area is 281 Å². The van der Waals surface area contributed by atoms with E-state index in [1.807, 2.05) is 47.1 Å². The van der Waals surface area contributed by atoms with E-state index in [4.69, 9.17) is 19.9 Å². The molecule has 0 unspecified atom stereocenters. The highest BCUT2D eigenvalue weighted by Crippen LogP contribution is 2.37. The van der Waals surface area contributed by atoms with E-state index in [-0.39, 0.29) is 17.6 Å². The van der Waals surface area contributed by atoms with Crippen LogP contribution in [-0.2, 0) is 11.2 Å². The summed E-state index contributed by atoms with van der Waals surface area (Å²) < 4.78 is 15.6. The van der Waals surface area contributed by atoms with Gasteiger partial charge in [-0.15, -0.1) is 0 Å². The molecule has 48 heavy (non-hydrogen) atoms. The quantitative estimate of drug-likeness (QED) is 0.218. The number of rotatable bonds is 9. The number of nitrogens with one attached hydrogen (secondary N) is 1. The first-order valence-electron chi connectivity index (χ1n) is 16.2. The predicted molar refractivity (Wildman–Crippen MR) is 183 cm³/mol. The van der Waals surface area contributed by atoms with Gasteiger partial charge in [-0.1, -0.05) is 18.3 Å². The highest BCUT2D eigenvalue weighted by molar-refractivity contribution is 7.16. The fraction of sp³-hybridized carbons (Fsp3) is 0.371. The molecule has 0 bridgehead atoms. The van der Waals surface area contributed by atoms with Gasteiger partial charge in [0.05, 0.1) is 17.8 Å². The average molecular weight is 666 g/mol. The zero-order valence-electron chi connectivity index (χ0n) is 26.8. The number of β-amino-alcohol motifs (C(OH)–C–C–N with tert-alkyl or cyclic N) is 1. The van der Waals surface area contributed by atoms with Crippen LogP contribution < -0.4 is 15.1 Å². The molecule has 11 nitrogen and oxygen atoms in total. The lowest BCUT2D eigenvalue weighted by Gasteiger charge is -2.32. The number of imidazole rings is 1. The predicted octanol–water partition coefficient (Wildman–Crippen LogP) is 5.15. The molecule has 0 saturated carbocycles. The summed E-state index contributed by atoms with van der Waals surface area (Å²) in [5, 5.41) is 23.4. The van der Waals surface area contributed by atoms with E-state index < -0.39 is 6.10 Å². The van der Waals surface area contributed by atoms with Crippen molar-refractivity contribution in [2.24, 2.45) is 5.92 Å². The first-order chi connectivity index (χ1) is 23.3. The van der Waals surface area contributed by atoms with E-state index in [0.29, 0.717) is 58.9 Å². The average Bonchev–Trinajstić information content (AvgIpc) is 3.85. The SMILES string of the molecule is CCc1nc2ccc(-c3cnc(N4CCC(CC(=O)[C@@H]5C[C@H](O)CN5)CC4)nc3)cn2c1N(C)c1nc(-c2ccc(F)cc2)c(C#N)s1. The summed E-state index contributed by atoms with van der Waals surface area (Å²) in [6.45, 7) is 4.13. The van der Waals surface area contributed by atoms with Gasteiger partial charge in [-0.2, -0.15) is 5.26 Å². The van der Waals surface area contributed by atoms with E-state index in [2.05, 4.69) is 23.2 Å². The number of carbonyl (C=O) groups is 1. The third-order valence-corrected chi connectivity index (χ3v) is 10.3. The number of aryl methyl sites for hydroxylation is 1. The second kappa shape index (κ2) is 13.4. The second-order valence-corrected chi connectivity index (χ2v) is 13.4. The molecule has 7 rings (SSSR count). The van der Waals surface area contributed by atoms with Crippen LogP contribution in [0.1, 0.15) is 43.2 Å². The van der Waals surface area contributed by atoms with Gasteiger partial charge >= 0.3 is 0 Å². The number of fused-ring (bicyclic) bond motifs is 1. The number of benzene rings is 1. The van der Waals surface area contributed by atoms with Gasteiger partial charge in [0.2, 0.25) is 5.95 Å². The van der Waals surface area contributed by atoms with Crippen molar-refractivity contribution in [3.8, 4) is 28.5 Å². The molecule has 2 fully saturated rings. The molecule has 2 N–H and O–H groups in total. The molecule has 4 aromatic heterocycles. The van der Waals surface area contributed by atoms with Crippen LogP contribution in [0.15, 0.2) is 55.0 Å². The third-order valence-electron chi connectivity index (χ3n) is 9.29. The topological polar surface area (TPSA) is 136 Å². The number of Topliss-reactive ketones (excluding diaryl/α,β-unsaturated/α-hetero) is 1. The van der Waals surface area contributed by atoms with E-state index in [9.17, 15) is 19.6 Å². The number of piperidine rings is 1. The molecule has 5 aromatic rings. The summed E-state index contributed by atoms with van der Waals surface area (Å²) in [5.74, 6) is 1.71. The lowest BCUT2D eigenvalue weighted by Crippen LogP contribution is -2.37. The highest BCUT2D eigenvalue weighted by Gasteiger charge is 2.31. The molecule has 2 saturated heterocycles. The van der Waals surface area contributed by atoms with Crippen molar-refractivity contribution in [1.82, 2.24) is 29.7 Å². The lowest BCUT2D eigenvalue weighted by molar-refractivity contribution is -0.121. The number of carbonyl (C=O) groups excluding carboxylic acids is 1. The zero-order valence-corrected chi connectivity index (χ0v) is 27.6. The summed E-state index contributed by atoms with van der Waals surface area (Å²) in [7, 11) is 1.91. The van der Waals surface area contributed by atoms with Crippen molar-refractivity contribution < 1.29 is 14.3 Å². The van der Waals surface area contributed by atoms with Crippen LogP contribution in [-0.4, -0.2) is 74.1 Å². The molecule has 246 valence electrons. The number of aliphatic hydroxyl groups excluding tert-OH is 1. The van der Waals surface area contributed by atoms with Crippen LogP contribution in [0.4, 0.5) is 21.3 Å². The fourth-order valence-electron chi connectivity index (χ4n) is 6.63. The van der Waals surface area contributed by atoms with Gasteiger partial charge in [0.15, 0.2) is 5.13 Å². The molecule has 1 aromatic carbocycles. The number of aromatic nitrogens is 5. The van der Waals surface area contributed by atoms with Crippen LogP contribution in [0, 0.1) is 23.1 Å². The molecule has 2 aliphatic rings. The number of thiazole rings is 1. The maximum absolute atomic E-state index is 13.6. The molecule has 0 radical (unpaired) electrons. The third kappa shape index (κ3) is 6.26. The molecule has 2 atom stereocenters. The molecular weight excluding hydrogens is 630 g/mol. The van der Waals surface area contributed by atoms with E-state index >= 15 is 0 Å². The second-order valence-electron chi connectivity index (χ2n) is 12.5. The van der Waals surface area contributed by atoms with Gasteiger partial charge in [0.1, 0.15) is 39.7 Å². The Kier molecular flexibility index (Phi) is 8.87. The van der Waals surface area contributed by atoms with E-state index in [1.165, 1.54) is 23.5 Å². The van der Waals surface area contributed by atoms with Crippen LogP contribution >= 0.6 is 11.3 Å². The lowest BCUT2D eigenvalue weighted by atomic mass is 9.89. The summed E-state index contributed by atoms with van der Waals surface area (Å²) in [5.41, 5.74) is 4.67. The normalized spacial score (nSPS) is 18.4. The minimum absolute atomic E-state index is 0.203. The maximum atomic E-state index is 13.6. The van der Waals surface area contributed by atoms with E-state index in [0.717, 1.165) is 54.2 Å². The molecule has 0 spiro atoms. The van der Waals surface area contributed by atoms with Gasteiger partial charge in [-0.3, -0.25) is 9.20 Å². The highest BCUT2D eigenvalue weighted by atomic mass is 32.1. The monoisotopic (exact) mass is 665 g/mol. The summed E-state index contributed by atoms with van der Waals surface area (Å²) >= 11 is 1.28. The molecule has 13 heteroatoms. The summed E-state index contributed by atoms with van der Waals surface area (Å²) in [4.78, 5) is 36.3. The molecule has 2 aliphatic heterocycles. The van der Waals surface area contributed by atoms with Crippen molar-refractivity contribution >= 4 is 39.7 Å². The Morgan fingerprint density at radius 1 is 1.10 bits per heavy atom. The van der Waals surface area contributed by atoms with Gasteiger partial charge < -0.3 is 20.2 Å². The van der Waals surface area contributed by atoms with Crippen LogP contribution in [0.2, 0.25) is 0 Å². The number of hydrogen-bond acceptors (Lipinski definition) is 11. The number of pyridine rings is 1. The van der Waals surface area contributed by atoms with Crippen molar-refractivity contribution in [3.63, 3.8) is 0 Å². The maximum Gasteiger partial charge on any atom is 0.225 e. The standard InChI is InChI=1S/C35H36FN9O2S/c1-3-27-33(43(2)35-42-32(30(16-37)48-35)22-4-7-25(36)8-5-22)45-20-23(6-9-31(45)41-27)24-17-39-34(40-18-24)44-12-10-21(11-13-44)14-29(47)28-15-26(46)19-38-28/h4-9,17-18,20-21,26,28,38,46H,3,10-15,19H2,1-2H3/t26-,28-/m0/s1. The smallest absolute Gasteiger partial charge is 0.225 e. The first kappa shape index (κ1) is 31.8. The van der Waals surface area contributed by atoms with Gasteiger partial charge in [0, 0.05) is 68.4 Å². The van der Waals surface area contributed by atoms with Gasteiger partial charge in [0.25, 0.3) is 0 Å². The van der Waals surface area contributed by atoms with Crippen molar-refractivity contribution in [3.05, 3.63) is 71.4 Å². The Morgan fingerprint density at radius 3 is 2.50 bits per heavy atom. The summed E-state index contributed by atoms with van der Waals surface area (Å²) in [6.07, 6.45) is 8.83. The summed E-state index contributed by atoms with van der Waals surface area (Å²) in [6, 6.07) is 12.0. The van der Waals surface area contributed by atoms with Crippen LogP contribution in [0.25, 0.3) is 28.0 Å². The van der Waals surface area contributed by atoms with Gasteiger partial charge in [-0.05, 0) is 68.0 Å². The number of nitrogens with zero attached hydrogens (tertiary/aromatic N) is 8. The molecule has 0 aliphatic carbocycles. The van der Waals surface area contributed by atoms with Gasteiger partial charge in [-0.25, -0.2) is 24.3 Å².